The Labute approximate surface area is 278 Å². The molecule has 0 saturated heterocycles. The normalized spacial score (nSPS) is 6.94. The fourth-order valence-electron chi connectivity index (χ4n) is 0. The van der Waals surface area contributed by atoms with Gasteiger partial charge in [-0.05, 0) is 0 Å². The first-order chi connectivity index (χ1) is 8.00. The summed E-state index contributed by atoms with van der Waals surface area (Å²) in [4.78, 5) is 86.2. The van der Waals surface area contributed by atoms with Gasteiger partial charge in [0.25, 0.3) is 0 Å². The first kappa shape index (κ1) is 130. The Hall–Kier alpha value is 4.04. The second-order valence-electron chi connectivity index (χ2n) is 2.05. The van der Waals surface area contributed by atoms with Gasteiger partial charge in [0, 0.05) is 0 Å². The van der Waals surface area contributed by atoms with Gasteiger partial charge in [0.15, 0.2) is 0 Å². The monoisotopic (exact) mass is 668 g/mol. The second kappa shape index (κ2) is 61.2. The van der Waals surface area contributed by atoms with Gasteiger partial charge in [0.05, 0.1) is 0 Å². The van der Waals surface area contributed by atoms with Gasteiger partial charge >= 0.3 is 150 Å². The quantitative estimate of drug-likeness (QED) is 0.0842. The van der Waals surface area contributed by atoms with E-state index in [1.54, 1.807) is 0 Å². The zero-order valence-corrected chi connectivity index (χ0v) is 17.4. The third-order valence-electron chi connectivity index (χ3n) is 0. The maximum absolute atomic E-state index is 8.88. The van der Waals surface area contributed by atoms with Gasteiger partial charge in [-0.2, -0.15) is 0 Å². The van der Waals surface area contributed by atoms with Crippen LogP contribution in [-0.2, 0) is 18.3 Å². The number of hydrogen-bond acceptors (Lipinski definition) is 4. The molecule has 0 aliphatic heterocycles. The summed E-state index contributed by atoms with van der Waals surface area (Å²) in [6, 6.07) is 0. The van der Waals surface area contributed by atoms with Crippen LogP contribution in [0.4, 0.5) is 0 Å². The SMILES string of the molecule is O.O.O.O.O.O.O.O.O.O.O=P(O)(O)O.O=P(O)(O)O.O=P(O)(O)O.O=P(O)(O)O.[NaH].[NaH].[NaH].[NaH]. The summed E-state index contributed by atoms with van der Waals surface area (Å²) in [6.07, 6.45) is 0. The summed E-state index contributed by atoms with van der Waals surface area (Å²) in [7, 11) is -18.6. The summed E-state index contributed by atoms with van der Waals surface area (Å²) in [5.74, 6) is 0. The van der Waals surface area contributed by atoms with E-state index >= 15 is 0 Å². The fourth-order valence-corrected chi connectivity index (χ4v) is 0. The molecular formula is H36Na4O26P4. The molecule has 216 valence electrons. The Morgan fingerprint density at radius 2 is 0.235 bits per heavy atom. The van der Waals surface area contributed by atoms with Crippen molar-refractivity contribution < 1.29 is 132 Å². The molecule has 0 aromatic rings. The first-order valence-electron chi connectivity index (χ1n) is 3.13. The van der Waals surface area contributed by atoms with Gasteiger partial charge < -0.3 is 113 Å². The standard InChI is InChI=1S/4Na.4H3O4P.10H2O.4H/c;;;;4*1-5(2,3)4;;;;;;;;;;;;;;/h;;;;4*(H3,1,2,3,4);10*1H2;;;;. The second-order valence-corrected chi connectivity index (χ2v) is 6.16. The summed E-state index contributed by atoms with van der Waals surface area (Å²) in [5.41, 5.74) is 0. The Morgan fingerprint density at radius 1 is 0.235 bits per heavy atom. The van der Waals surface area contributed by atoms with Gasteiger partial charge in [-0.25, -0.2) is 18.3 Å². The molecule has 0 spiro atoms. The fraction of sp³-hybridized carbons (Fsp3) is 0. The Morgan fingerprint density at radius 3 is 0.235 bits per heavy atom. The Balaban J connectivity index is -0.00000000552. The summed E-state index contributed by atoms with van der Waals surface area (Å²) in [5, 5.41) is 0. The van der Waals surface area contributed by atoms with Crippen molar-refractivity contribution in [3.8, 4) is 0 Å². The van der Waals surface area contributed by atoms with Crippen LogP contribution in [0.15, 0.2) is 0 Å². The maximum atomic E-state index is 8.88. The van der Waals surface area contributed by atoms with Crippen molar-refractivity contribution in [3.05, 3.63) is 0 Å². The van der Waals surface area contributed by atoms with Gasteiger partial charge in [0.2, 0.25) is 0 Å². The van der Waals surface area contributed by atoms with Crippen LogP contribution >= 0.6 is 31.3 Å². The molecule has 0 amide bonds. The molecule has 26 nitrogen and oxygen atoms in total. The van der Waals surface area contributed by atoms with Crippen molar-refractivity contribution in [3.63, 3.8) is 0 Å². The zero-order valence-electron chi connectivity index (χ0n) is 13.8. The average Bonchev–Trinajstić information content (AvgIpc) is 1.62. The van der Waals surface area contributed by atoms with Gasteiger partial charge in [-0.15, -0.1) is 0 Å². The van der Waals surface area contributed by atoms with Crippen LogP contribution < -0.4 is 0 Å². The molecule has 34 heavy (non-hydrogen) atoms. The van der Waals surface area contributed by atoms with Crippen LogP contribution in [0.5, 0.6) is 0 Å². The number of hydrogen-bond donors (Lipinski definition) is 12. The molecular weight excluding hydrogens is 632 g/mol. The summed E-state index contributed by atoms with van der Waals surface area (Å²) in [6.45, 7) is 0. The van der Waals surface area contributed by atoms with Gasteiger partial charge in [0.1, 0.15) is 0 Å². The van der Waals surface area contributed by atoms with Crippen LogP contribution in [0.25, 0.3) is 0 Å². The van der Waals surface area contributed by atoms with E-state index in [1.807, 2.05) is 0 Å². The van der Waals surface area contributed by atoms with Gasteiger partial charge in [-0.3, -0.25) is 0 Å². The first-order valence-corrected chi connectivity index (χ1v) is 9.39. The predicted octanol–water partition coefficient (Wildman–Crippen LogP) is -14.6. The average molecular weight is 668 g/mol. The molecule has 0 radical (unpaired) electrons. The van der Waals surface area contributed by atoms with E-state index in [1.165, 1.54) is 0 Å². The molecule has 0 saturated carbocycles. The van der Waals surface area contributed by atoms with E-state index in [-0.39, 0.29) is 173 Å². The third-order valence-corrected chi connectivity index (χ3v) is 0. The zero-order chi connectivity index (χ0) is 18.0. The van der Waals surface area contributed by atoms with Crippen LogP contribution in [0.3, 0.4) is 0 Å². The third kappa shape index (κ3) is 2710. The molecule has 0 heterocycles. The Kier molecular flexibility index (Phi) is 234. The minimum absolute atomic E-state index is 0. The van der Waals surface area contributed by atoms with Crippen molar-refractivity contribution in [1.29, 1.82) is 0 Å². The molecule has 0 aliphatic carbocycles. The predicted molar refractivity (Wildman–Crippen MR) is 122 cm³/mol. The van der Waals surface area contributed by atoms with Crippen molar-refractivity contribution >= 4 is 150 Å². The van der Waals surface area contributed by atoms with E-state index in [0.29, 0.717) is 0 Å². The van der Waals surface area contributed by atoms with Crippen LogP contribution in [0.1, 0.15) is 0 Å². The summed E-state index contributed by atoms with van der Waals surface area (Å²) >= 11 is 0. The molecule has 34 heteroatoms. The van der Waals surface area contributed by atoms with Crippen LogP contribution in [0, 0.1) is 0 Å². The van der Waals surface area contributed by atoms with Crippen molar-refractivity contribution in [2.45, 2.75) is 0 Å². The molecule has 0 aliphatic rings. The van der Waals surface area contributed by atoms with Crippen LogP contribution in [0.2, 0.25) is 0 Å². The molecule has 32 N–H and O–H groups in total. The topological polar surface area (TPSA) is 626 Å². The van der Waals surface area contributed by atoms with E-state index in [4.69, 9.17) is 77.0 Å². The molecule has 0 unspecified atom stereocenters. The molecule has 0 atom stereocenters. The van der Waals surface area contributed by atoms with E-state index in [9.17, 15) is 0 Å². The van der Waals surface area contributed by atoms with Crippen molar-refractivity contribution in [2.24, 2.45) is 0 Å². The van der Waals surface area contributed by atoms with Crippen molar-refractivity contribution in [2.75, 3.05) is 0 Å². The van der Waals surface area contributed by atoms with Gasteiger partial charge in [-0.1, -0.05) is 0 Å². The minimum atomic E-state index is -4.64. The molecule has 0 fully saturated rings. The van der Waals surface area contributed by atoms with Crippen molar-refractivity contribution in [1.82, 2.24) is 0 Å². The van der Waals surface area contributed by atoms with E-state index in [0.717, 1.165) is 0 Å². The molecule has 0 aromatic heterocycles. The summed E-state index contributed by atoms with van der Waals surface area (Å²) < 4.78 is 35.5. The number of rotatable bonds is 0. The number of phosphoric acid groups is 4. The molecule has 0 bridgehead atoms. The van der Waals surface area contributed by atoms with E-state index in [2.05, 4.69) is 0 Å². The van der Waals surface area contributed by atoms with Crippen LogP contribution in [-0.4, -0.2) is 232 Å². The van der Waals surface area contributed by atoms with E-state index < -0.39 is 31.3 Å². The molecule has 0 aromatic carbocycles. The Bertz CT molecular complexity index is 299. The molecule has 0 rings (SSSR count).